The van der Waals surface area contributed by atoms with Gasteiger partial charge in [0.25, 0.3) is 0 Å². The lowest BCUT2D eigenvalue weighted by molar-refractivity contribution is 0.0192. The van der Waals surface area contributed by atoms with Crippen LogP contribution in [0.15, 0.2) is 0 Å². The third kappa shape index (κ3) is 4.75. The maximum atomic E-state index is 5.85. The zero-order chi connectivity index (χ0) is 19.3. The van der Waals surface area contributed by atoms with E-state index in [1.807, 2.05) is 7.05 Å². The molecule has 5 heteroatoms. The van der Waals surface area contributed by atoms with Gasteiger partial charge in [0.2, 0.25) is 0 Å². The Hall–Kier alpha value is -0.910. The number of fused-ring (bicyclic) bond motifs is 1. The van der Waals surface area contributed by atoms with Gasteiger partial charge in [0, 0.05) is 44.0 Å². The minimum absolute atomic E-state index is 0.409. The highest BCUT2D eigenvalue weighted by Crippen LogP contribution is 2.47. The molecule has 1 fully saturated rings. The highest BCUT2D eigenvalue weighted by atomic mass is 16.5. The number of aryl methyl sites for hydroxylation is 1. The predicted octanol–water partition coefficient (Wildman–Crippen LogP) is 3.57. The first kappa shape index (κ1) is 20.8. The molecule has 1 saturated carbocycles. The molecule has 0 aromatic carbocycles. The highest BCUT2D eigenvalue weighted by molar-refractivity contribution is 5.33. The summed E-state index contributed by atoms with van der Waals surface area (Å²) in [6.45, 7) is 10.4. The minimum atomic E-state index is 0.409. The van der Waals surface area contributed by atoms with E-state index in [2.05, 4.69) is 35.8 Å². The number of hydrogen-bond acceptors (Lipinski definition) is 4. The molecule has 1 aliphatic heterocycles. The van der Waals surface area contributed by atoms with Crippen LogP contribution in [0, 0.1) is 5.41 Å². The van der Waals surface area contributed by atoms with Gasteiger partial charge in [-0.3, -0.25) is 9.58 Å². The zero-order valence-electron chi connectivity index (χ0n) is 18.0. The van der Waals surface area contributed by atoms with Crippen molar-refractivity contribution in [2.75, 3.05) is 40.4 Å². The fraction of sp³-hybridized carbons (Fsp3) is 0.864. The molecule has 0 spiro atoms. The van der Waals surface area contributed by atoms with E-state index >= 15 is 0 Å². The van der Waals surface area contributed by atoms with Gasteiger partial charge in [-0.05, 0) is 77.3 Å². The Morgan fingerprint density at radius 3 is 2.74 bits per heavy atom. The van der Waals surface area contributed by atoms with E-state index < -0.39 is 0 Å². The summed E-state index contributed by atoms with van der Waals surface area (Å²) in [4.78, 5) is 2.41. The summed E-state index contributed by atoms with van der Waals surface area (Å²) in [7, 11) is 4.24. The first-order valence-electron chi connectivity index (χ1n) is 11.1. The summed E-state index contributed by atoms with van der Waals surface area (Å²) < 4.78 is 8.17. The van der Waals surface area contributed by atoms with Gasteiger partial charge in [0.15, 0.2) is 0 Å². The molecule has 3 rings (SSSR count). The quantitative estimate of drug-likeness (QED) is 0.678. The molecular weight excluding hydrogens is 336 g/mol. The average Bonchev–Trinajstić information content (AvgIpc) is 3.26. The molecule has 1 aliphatic carbocycles. The molecule has 1 aromatic rings. The van der Waals surface area contributed by atoms with Crippen LogP contribution < -0.4 is 5.32 Å². The van der Waals surface area contributed by atoms with E-state index in [0.29, 0.717) is 11.3 Å². The molecule has 0 bridgehead atoms. The zero-order valence-corrected chi connectivity index (χ0v) is 18.0. The number of aromatic nitrogens is 2. The molecule has 1 aromatic heterocycles. The van der Waals surface area contributed by atoms with Crippen LogP contribution in [0.25, 0.3) is 0 Å². The van der Waals surface area contributed by atoms with Gasteiger partial charge in [-0.15, -0.1) is 0 Å². The third-order valence-corrected chi connectivity index (χ3v) is 6.94. The Morgan fingerprint density at radius 2 is 2.07 bits per heavy atom. The second-order valence-electron chi connectivity index (χ2n) is 8.74. The van der Waals surface area contributed by atoms with Crippen LogP contribution in [-0.2, 0) is 24.2 Å². The van der Waals surface area contributed by atoms with Crippen molar-refractivity contribution in [2.24, 2.45) is 5.41 Å². The first-order valence-corrected chi connectivity index (χ1v) is 11.1. The number of nitrogens with one attached hydrogen (secondary N) is 1. The van der Waals surface area contributed by atoms with E-state index in [1.54, 1.807) is 11.3 Å². The molecule has 5 nitrogen and oxygen atoms in total. The van der Waals surface area contributed by atoms with E-state index in [0.717, 1.165) is 39.4 Å². The fourth-order valence-corrected chi connectivity index (χ4v) is 5.07. The lowest BCUT2D eigenvalue weighted by Crippen LogP contribution is -2.32. The Labute approximate surface area is 165 Å². The summed E-state index contributed by atoms with van der Waals surface area (Å²) in [6.07, 6.45) is 8.92. The molecule has 2 aliphatic rings. The predicted molar refractivity (Wildman–Crippen MR) is 111 cm³/mol. The van der Waals surface area contributed by atoms with Crippen molar-refractivity contribution in [3.05, 3.63) is 17.0 Å². The Bertz CT molecular complexity index is 589. The van der Waals surface area contributed by atoms with Crippen molar-refractivity contribution in [1.29, 1.82) is 0 Å². The average molecular weight is 377 g/mol. The molecule has 27 heavy (non-hydrogen) atoms. The van der Waals surface area contributed by atoms with Crippen LogP contribution in [0.3, 0.4) is 0 Å². The number of likely N-dealkylation sites (N-methyl/N-ethyl adjacent to an activating group) is 2. The third-order valence-electron chi connectivity index (χ3n) is 6.94. The number of ether oxygens (including phenoxy) is 1. The van der Waals surface area contributed by atoms with Crippen LogP contribution in [0.5, 0.6) is 0 Å². The molecular formula is C22H40N4O. The van der Waals surface area contributed by atoms with Gasteiger partial charge in [-0.1, -0.05) is 6.92 Å². The van der Waals surface area contributed by atoms with E-state index in [1.165, 1.54) is 50.6 Å². The highest BCUT2D eigenvalue weighted by Gasteiger charge is 2.37. The molecule has 0 saturated heterocycles. The van der Waals surface area contributed by atoms with Crippen molar-refractivity contribution >= 4 is 0 Å². The summed E-state index contributed by atoms with van der Waals surface area (Å²) in [6, 6.07) is 0. The standard InChI is InChI=1S/C22H40N4O/c1-5-22(17-27-6-2)11-9-18(10-12-22)21-19(16-25(4)15-13-23-3)24-26-14-7-8-20(21)26/h18,23H,5-17H2,1-4H3/t18-,22+. The molecule has 0 radical (unpaired) electrons. The van der Waals surface area contributed by atoms with E-state index in [-0.39, 0.29) is 0 Å². The van der Waals surface area contributed by atoms with Crippen LogP contribution in [0.4, 0.5) is 0 Å². The van der Waals surface area contributed by atoms with Crippen LogP contribution in [0.1, 0.15) is 75.2 Å². The van der Waals surface area contributed by atoms with Crippen molar-refractivity contribution in [3.8, 4) is 0 Å². The van der Waals surface area contributed by atoms with Gasteiger partial charge in [-0.25, -0.2) is 0 Å². The lowest BCUT2D eigenvalue weighted by atomic mass is 9.67. The molecule has 0 atom stereocenters. The maximum absolute atomic E-state index is 5.85. The summed E-state index contributed by atoms with van der Waals surface area (Å²) in [5.41, 5.74) is 4.92. The number of hydrogen-bond donors (Lipinski definition) is 1. The molecule has 0 amide bonds. The smallest absolute Gasteiger partial charge is 0.0802 e. The van der Waals surface area contributed by atoms with Gasteiger partial charge < -0.3 is 10.1 Å². The van der Waals surface area contributed by atoms with E-state index in [4.69, 9.17) is 9.84 Å². The maximum Gasteiger partial charge on any atom is 0.0802 e. The normalized spacial score (nSPS) is 25.3. The molecule has 0 unspecified atom stereocenters. The Balaban J connectivity index is 1.72. The van der Waals surface area contributed by atoms with Crippen LogP contribution in [0.2, 0.25) is 0 Å². The first-order chi connectivity index (χ1) is 13.1. The van der Waals surface area contributed by atoms with Crippen molar-refractivity contribution in [2.45, 2.75) is 77.8 Å². The Morgan fingerprint density at radius 1 is 1.30 bits per heavy atom. The number of nitrogens with zero attached hydrogens (tertiary/aromatic N) is 3. The monoisotopic (exact) mass is 376 g/mol. The van der Waals surface area contributed by atoms with Gasteiger partial charge in [0.05, 0.1) is 12.3 Å². The summed E-state index contributed by atoms with van der Waals surface area (Å²) in [5.74, 6) is 0.695. The Kier molecular flexibility index (Phi) is 7.35. The van der Waals surface area contributed by atoms with Crippen molar-refractivity contribution in [3.63, 3.8) is 0 Å². The second-order valence-corrected chi connectivity index (χ2v) is 8.74. The molecule has 1 N–H and O–H groups in total. The fourth-order valence-electron chi connectivity index (χ4n) is 5.07. The molecule has 2 heterocycles. The minimum Gasteiger partial charge on any atom is -0.381 e. The van der Waals surface area contributed by atoms with E-state index in [9.17, 15) is 0 Å². The van der Waals surface area contributed by atoms with Crippen LogP contribution in [-0.4, -0.2) is 55.1 Å². The van der Waals surface area contributed by atoms with Crippen molar-refractivity contribution < 1.29 is 4.74 Å². The summed E-state index contributed by atoms with van der Waals surface area (Å²) >= 11 is 0. The van der Waals surface area contributed by atoms with Crippen LogP contribution >= 0.6 is 0 Å². The van der Waals surface area contributed by atoms with Gasteiger partial charge in [0.1, 0.15) is 0 Å². The largest absolute Gasteiger partial charge is 0.381 e. The summed E-state index contributed by atoms with van der Waals surface area (Å²) in [5, 5.41) is 8.30. The molecule has 154 valence electrons. The number of rotatable bonds is 10. The van der Waals surface area contributed by atoms with Gasteiger partial charge >= 0.3 is 0 Å². The van der Waals surface area contributed by atoms with Crippen molar-refractivity contribution in [1.82, 2.24) is 20.0 Å². The topological polar surface area (TPSA) is 42.3 Å². The van der Waals surface area contributed by atoms with Gasteiger partial charge in [-0.2, -0.15) is 5.10 Å². The SMILES string of the molecule is CCOC[C@]1(CC)CC[C@H](c2c(CN(C)CCNC)nn3c2CCC3)CC1. The second kappa shape index (κ2) is 9.53. The lowest BCUT2D eigenvalue weighted by Gasteiger charge is -2.39.